The topological polar surface area (TPSA) is 20.2 Å². The summed E-state index contributed by atoms with van der Waals surface area (Å²) in [7, 11) is 0. The second-order valence-electron chi connectivity index (χ2n) is 4.02. The zero-order chi connectivity index (χ0) is 12.4. The number of rotatable bonds is 2. The van der Waals surface area contributed by atoms with E-state index in [9.17, 15) is 5.11 Å². The minimum atomic E-state index is -0.593. The van der Waals surface area contributed by atoms with E-state index in [-0.39, 0.29) is 0 Å². The van der Waals surface area contributed by atoms with Crippen LogP contribution in [0.1, 0.15) is 22.8 Å². The van der Waals surface area contributed by atoms with Crippen LogP contribution in [0.15, 0.2) is 51.4 Å². The number of halogens is 2. The second-order valence-corrected chi connectivity index (χ2v) is 5.85. The van der Waals surface area contributed by atoms with Gasteiger partial charge in [-0.2, -0.15) is 0 Å². The third-order valence-corrected chi connectivity index (χ3v) is 3.51. The van der Waals surface area contributed by atoms with Crippen molar-refractivity contribution in [2.45, 2.75) is 13.0 Å². The van der Waals surface area contributed by atoms with E-state index in [1.165, 1.54) is 5.56 Å². The lowest BCUT2D eigenvalue weighted by atomic mass is 10.0. The molecular formula is C14H12Br2O. The predicted molar refractivity (Wildman–Crippen MR) is 77.1 cm³/mol. The molecule has 3 heteroatoms. The SMILES string of the molecule is Cc1ccc(C(O)c2cc(Br)cc(Br)c2)cc1. The molecule has 0 saturated carbocycles. The smallest absolute Gasteiger partial charge is 0.104 e. The standard InChI is InChI=1S/C14H12Br2O/c1-9-2-4-10(5-3-9)14(17)11-6-12(15)8-13(16)7-11/h2-8,14,17H,1H3. The maximum Gasteiger partial charge on any atom is 0.104 e. The Balaban J connectivity index is 2.36. The second kappa shape index (κ2) is 5.34. The van der Waals surface area contributed by atoms with Gasteiger partial charge in [-0.25, -0.2) is 0 Å². The molecule has 88 valence electrons. The van der Waals surface area contributed by atoms with Gasteiger partial charge in [-0.05, 0) is 36.2 Å². The Bertz CT molecular complexity index is 500. The van der Waals surface area contributed by atoms with Gasteiger partial charge in [0.1, 0.15) is 6.10 Å². The van der Waals surface area contributed by atoms with Crippen LogP contribution in [-0.2, 0) is 0 Å². The van der Waals surface area contributed by atoms with E-state index < -0.39 is 6.10 Å². The Morgan fingerprint density at radius 1 is 0.882 bits per heavy atom. The van der Waals surface area contributed by atoms with Gasteiger partial charge in [0, 0.05) is 8.95 Å². The van der Waals surface area contributed by atoms with Crippen molar-refractivity contribution in [2.75, 3.05) is 0 Å². The van der Waals surface area contributed by atoms with Crippen LogP contribution < -0.4 is 0 Å². The molecule has 0 heterocycles. The van der Waals surface area contributed by atoms with Gasteiger partial charge in [-0.1, -0.05) is 61.7 Å². The highest BCUT2D eigenvalue weighted by Crippen LogP contribution is 2.28. The van der Waals surface area contributed by atoms with Crippen LogP contribution in [0.5, 0.6) is 0 Å². The van der Waals surface area contributed by atoms with Gasteiger partial charge in [0.2, 0.25) is 0 Å². The van der Waals surface area contributed by atoms with E-state index >= 15 is 0 Å². The van der Waals surface area contributed by atoms with Gasteiger partial charge in [0.15, 0.2) is 0 Å². The van der Waals surface area contributed by atoms with Crippen molar-refractivity contribution < 1.29 is 5.11 Å². The van der Waals surface area contributed by atoms with E-state index in [4.69, 9.17) is 0 Å². The van der Waals surface area contributed by atoms with Crippen molar-refractivity contribution >= 4 is 31.9 Å². The summed E-state index contributed by atoms with van der Waals surface area (Å²) in [5.41, 5.74) is 2.96. The van der Waals surface area contributed by atoms with Crippen LogP contribution in [0.2, 0.25) is 0 Å². The maximum atomic E-state index is 10.3. The quantitative estimate of drug-likeness (QED) is 0.834. The molecule has 17 heavy (non-hydrogen) atoms. The van der Waals surface area contributed by atoms with Crippen LogP contribution in [-0.4, -0.2) is 5.11 Å². The summed E-state index contributed by atoms with van der Waals surface area (Å²) in [6.45, 7) is 2.03. The van der Waals surface area contributed by atoms with Crippen molar-refractivity contribution in [3.63, 3.8) is 0 Å². The molecule has 0 fully saturated rings. The van der Waals surface area contributed by atoms with E-state index in [0.29, 0.717) is 0 Å². The highest BCUT2D eigenvalue weighted by Gasteiger charge is 2.11. The maximum absolute atomic E-state index is 10.3. The third kappa shape index (κ3) is 3.18. The number of aliphatic hydroxyl groups excluding tert-OH is 1. The molecule has 0 saturated heterocycles. The summed E-state index contributed by atoms with van der Waals surface area (Å²) in [4.78, 5) is 0. The lowest BCUT2D eigenvalue weighted by Gasteiger charge is -2.12. The fraction of sp³-hybridized carbons (Fsp3) is 0.143. The molecule has 0 spiro atoms. The molecule has 2 aromatic rings. The summed E-state index contributed by atoms with van der Waals surface area (Å²) < 4.78 is 1.90. The monoisotopic (exact) mass is 354 g/mol. The van der Waals surface area contributed by atoms with E-state index in [2.05, 4.69) is 31.9 Å². The first-order valence-corrected chi connectivity index (χ1v) is 6.85. The lowest BCUT2D eigenvalue weighted by Crippen LogP contribution is -1.99. The molecule has 0 aliphatic rings. The normalized spacial score (nSPS) is 12.5. The van der Waals surface area contributed by atoms with Gasteiger partial charge in [-0.15, -0.1) is 0 Å². The molecule has 2 aromatic carbocycles. The van der Waals surface area contributed by atoms with Gasteiger partial charge in [-0.3, -0.25) is 0 Å². The van der Waals surface area contributed by atoms with Crippen molar-refractivity contribution in [3.8, 4) is 0 Å². The Morgan fingerprint density at radius 3 is 1.94 bits per heavy atom. The summed E-state index contributed by atoms with van der Waals surface area (Å²) in [6.07, 6.45) is -0.593. The molecule has 0 aromatic heterocycles. The third-order valence-electron chi connectivity index (χ3n) is 2.59. The van der Waals surface area contributed by atoms with Gasteiger partial charge in [0.05, 0.1) is 0 Å². The number of benzene rings is 2. The summed E-state index contributed by atoms with van der Waals surface area (Å²) in [6, 6.07) is 13.7. The summed E-state index contributed by atoms with van der Waals surface area (Å²) >= 11 is 6.85. The highest BCUT2D eigenvalue weighted by molar-refractivity contribution is 9.11. The molecular weight excluding hydrogens is 344 g/mol. The molecule has 0 radical (unpaired) electrons. The van der Waals surface area contributed by atoms with Crippen molar-refractivity contribution in [2.24, 2.45) is 0 Å². The minimum absolute atomic E-state index is 0.593. The van der Waals surface area contributed by atoms with Gasteiger partial charge in [0.25, 0.3) is 0 Å². The Hall–Kier alpha value is -0.640. The van der Waals surface area contributed by atoms with Crippen LogP contribution >= 0.6 is 31.9 Å². The van der Waals surface area contributed by atoms with Crippen LogP contribution in [0.4, 0.5) is 0 Å². The van der Waals surface area contributed by atoms with Gasteiger partial charge < -0.3 is 5.11 Å². The van der Waals surface area contributed by atoms with Crippen molar-refractivity contribution in [3.05, 3.63) is 68.1 Å². The van der Waals surface area contributed by atoms with E-state index in [1.54, 1.807) is 0 Å². The fourth-order valence-electron chi connectivity index (χ4n) is 1.67. The molecule has 0 bridgehead atoms. The first kappa shape index (κ1) is 12.8. The van der Waals surface area contributed by atoms with Crippen LogP contribution in [0.3, 0.4) is 0 Å². The highest BCUT2D eigenvalue weighted by atomic mass is 79.9. The Labute approximate surface area is 118 Å². The minimum Gasteiger partial charge on any atom is -0.384 e. The van der Waals surface area contributed by atoms with Crippen molar-refractivity contribution in [1.29, 1.82) is 0 Å². The molecule has 0 aliphatic carbocycles. The number of hydrogen-bond acceptors (Lipinski definition) is 1. The number of aliphatic hydroxyl groups is 1. The summed E-state index contributed by atoms with van der Waals surface area (Å²) in [5.74, 6) is 0. The molecule has 0 aliphatic heterocycles. The van der Waals surface area contributed by atoms with Gasteiger partial charge >= 0.3 is 0 Å². The average Bonchev–Trinajstić information content (AvgIpc) is 2.28. The molecule has 1 atom stereocenters. The zero-order valence-corrected chi connectivity index (χ0v) is 12.5. The predicted octanol–water partition coefficient (Wildman–Crippen LogP) is 4.60. The molecule has 1 unspecified atom stereocenters. The number of aryl methyl sites for hydroxylation is 1. The average molecular weight is 356 g/mol. The number of hydrogen-bond donors (Lipinski definition) is 1. The van der Waals surface area contributed by atoms with E-state index in [1.807, 2.05) is 49.4 Å². The Kier molecular flexibility index (Phi) is 4.02. The lowest BCUT2D eigenvalue weighted by molar-refractivity contribution is 0.220. The molecule has 1 nitrogen and oxygen atoms in total. The zero-order valence-electron chi connectivity index (χ0n) is 9.32. The van der Waals surface area contributed by atoms with E-state index in [0.717, 1.165) is 20.1 Å². The van der Waals surface area contributed by atoms with Crippen LogP contribution in [0, 0.1) is 6.92 Å². The molecule has 0 amide bonds. The van der Waals surface area contributed by atoms with Crippen molar-refractivity contribution in [1.82, 2.24) is 0 Å². The first-order chi connectivity index (χ1) is 8.06. The van der Waals surface area contributed by atoms with Crippen LogP contribution in [0.25, 0.3) is 0 Å². The summed E-state index contributed by atoms with van der Waals surface area (Å²) in [5, 5.41) is 10.3. The fourth-order valence-corrected chi connectivity index (χ4v) is 3.00. The molecule has 1 N–H and O–H groups in total. The first-order valence-electron chi connectivity index (χ1n) is 5.27. The molecule has 2 rings (SSSR count). The largest absolute Gasteiger partial charge is 0.384 e. The Morgan fingerprint density at radius 2 is 1.41 bits per heavy atom.